The van der Waals surface area contributed by atoms with E-state index in [1.165, 1.54) is 11.1 Å². The molecule has 0 amide bonds. The maximum absolute atomic E-state index is 10.2. The lowest BCUT2D eigenvalue weighted by Crippen LogP contribution is -2.45. The Hall–Kier alpha value is -1.88. The predicted molar refractivity (Wildman–Crippen MR) is 117 cm³/mol. The molecule has 0 radical (unpaired) electrons. The summed E-state index contributed by atoms with van der Waals surface area (Å²) in [6.45, 7) is 5.63. The Morgan fingerprint density at radius 1 is 1.07 bits per heavy atom. The van der Waals surface area contributed by atoms with Gasteiger partial charge in [0.25, 0.3) is 0 Å². The molecule has 1 aliphatic rings. The van der Waals surface area contributed by atoms with Gasteiger partial charge in [-0.05, 0) is 68.8 Å². The first-order valence-electron chi connectivity index (χ1n) is 10.9. The van der Waals surface area contributed by atoms with Gasteiger partial charge < -0.3 is 14.9 Å². The molecular weight excluding hydrogens is 362 g/mol. The number of piperidine rings is 1. The van der Waals surface area contributed by atoms with Gasteiger partial charge in [-0.2, -0.15) is 0 Å². The SMILES string of the molecule is CCOc1ccc(CN2CCCC(CO)(CCCc3ccccc3)C2)cc1CO. The third-order valence-electron chi connectivity index (χ3n) is 6.09. The molecule has 1 atom stereocenters. The van der Waals surface area contributed by atoms with E-state index in [1.54, 1.807) is 0 Å². The van der Waals surface area contributed by atoms with Crippen molar-refractivity contribution in [2.75, 3.05) is 26.3 Å². The van der Waals surface area contributed by atoms with Crippen LogP contribution in [0.25, 0.3) is 0 Å². The van der Waals surface area contributed by atoms with Crippen LogP contribution in [0.2, 0.25) is 0 Å². The Morgan fingerprint density at radius 3 is 2.62 bits per heavy atom. The van der Waals surface area contributed by atoms with Crippen molar-refractivity contribution in [3.63, 3.8) is 0 Å². The number of hydrogen-bond donors (Lipinski definition) is 2. The molecule has 1 saturated heterocycles. The normalized spacial score (nSPS) is 20.0. The van der Waals surface area contributed by atoms with Gasteiger partial charge in [-0.3, -0.25) is 4.90 Å². The second-order valence-corrected chi connectivity index (χ2v) is 8.34. The number of hydrogen-bond acceptors (Lipinski definition) is 4. The summed E-state index contributed by atoms with van der Waals surface area (Å²) in [5.41, 5.74) is 3.41. The summed E-state index contributed by atoms with van der Waals surface area (Å²) in [7, 11) is 0. The van der Waals surface area contributed by atoms with Crippen LogP contribution in [0.15, 0.2) is 48.5 Å². The lowest BCUT2D eigenvalue weighted by molar-refractivity contribution is 0.0207. The van der Waals surface area contributed by atoms with Gasteiger partial charge in [-0.1, -0.05) is 36.4 Å². The summed E-state index contributed by atoms with van der Waals surface area (Å²) in [5.74, 6) is 0.767. The van der Waals surface area contributed by atoms with Crippen LogP contribution in [0.1, 0.15) is 49.3 Å². The summed E-state index contributed by atoms with van der Waals surface area (Å²) < 4.78 is 5.60. The minimum atomic E-state index is -0.0107. The molecule has 0 aliphatic carbocycles. The molecule has 2 N–H and O–H groups in total. The summed E-state index contributed by atoms with van der Waals surface area (Å²) in [6, 6.07) is 16.7. The second-order valence-electron chi connectivity index (χ2n) is 8.34. The van der Waals surface area contributed by atoms with Crippen LogP contribution >= 0.6 is 0 Å². The Kier molecular flexibility index (Phi) is 8.10. The third kappa shape index (κ3) is 6.05. The van der Waals surface area contributed by atoms with Gasteiger partial charge >= 0.3 is 0 Å². The molecule has 29 heavy (non-hydrogen) atoms. The molecule has 0 spiro atoms. The van der Waals surface area contributed by atoms with E-state index in [1.807, 2.05) is 13.0 Å². The largest absolute Gasteiger partial charge is 0.494 e. The highest BCUT2D eigenvalue weighted by Crippen LogP contribution is 2.35. The second kappa shape index (κ2) is 10.8. The van der Waals surface area contributed by atoms with Gasteiger partial charge in [0.2, 0.25) is 0 Å². The molecule has 1 aliphatic heterocycles. The van der Waals surface area contributed by atoms with Gasteiger partial charge in [0.1, 0.15) is 5.75 Å². The first kappa shape index (κ1) is 21.8. The molecule has 158 valence electrons. The molecule has 1 heterocycles. The smallest absolute Gasteiger partial charge is 0.124 e. The Labute approximate surface area is 175 Å². The van der Waals surface area contributed by atoms with Crippen LogP contribution < -0.4 is 4.74 Å². The first-order valence-corrected chi connectivity index (χ1v) is 10.9. The van der Waals surface area contributed by atoms with Crippen LogP contribution in [-0.2, 0) is 19.6 Å². The summed E-state index contributed by atoms with van der Waals surface area (Å²) >= 11 is 0. The molecule has 4 heteroatoms. The Morgan fingerprint density at radius 2 is 1.90 bits per heavy atom. The zero-order valence-electron chi connectivity index (χ0n) is 17.6. The van der Waals surface area contributed by atoms with Gasteiger partial charge in [-0.25, -0.2) is 0 Å². The average Bonchev–Trinajstić information content (AvgIpc) is 2.76. The van der Waals surface area contributed by atoms with Crippen molar-refractivity contribution in [3.05, 3.63) is 65.2 Å². The van der Waals surface area contributed by atoms with Gasteiger partial charge in [-0.15, -0.1) is 0 Å². The van der Waals surface area contributed by atoms with E-state index in [-0.39, 0.29) is 18.6 Å². The number of rotatable bonds is 10. The first-order chi connectivity index (χ1) is 14.2. The fraction of sp³-hybridized carbons (Fsp3) is 0.520. The highest BCUT2D eigenvalue weighted by Gasteiger charge is 2.34. The van der Waals surface area contributed by atoms with Crippen LogP contribution in [-0.4, -0.2) is 41.4 Å². The standard InChI is InChI=1S/C25H35NO3/c1-2-29-24-12-11-22(16-23(24)18-27)17-26-15-7-14-25(19-26,20-28)13-6-10-21-8-4-3-5-9-21/h3-5,8-9,11-12,16,27-28H,2,6-7,10,13-15,17-20H2,1H3. The maximum Gasteiger partial charge on any atom is 0.124 e. The van der Waals surface area contributed by atoms with Crippen molar-refractivity contribution in [3.8, 4) is 5.75 Å². The Bertz CT molecular complexity index is 749. The van der Waals surface area contributed by atoms with Crippen molar-refractivity contribution in [1.29, 1.82) is 0 Å². The number of ether oxygens (including phenoxy) is 1. The number of nitrogens with zero attached hydrogens (tertiary/aromatic N) is 1. The average molecular weight is 398 g/mol. The molecule has 4 nitrogen and oxygen atoms in total. The molecule has 1 fully saturated rings. The van der Waals surface area contributed by atoms with Crippen LogP contribution in [0.4, 0.5) is 0 Å². The van der Waals surface area contributed by atoms with E-state index >= 15 is 0 Å². The number of likely N-dealkylation sites (tertiary alicyclic amines) is 1. The maximum atomic E-state index is 10.2. The van der Waals surface area contributed by atoms with Crippen molar-refractivity contribution in [1.82, 2.24) is 4.90 Å². The molecule has 1 unspecified atom stereocenters. The predicted octanol–water partition coefficient (Wildman–Crippen LogP) is 4.18. The van der Waals surface area contributed by atoms with Gasteiger partial charge in [0.05, 0.1) is 13.2 Å². The van der Waals surface area contributed by atoms with Crippen molar-refractivity contribution >= 4 is 0 Å². The van der Waals surface area contributed by atoms with Crippen molar-refractivity contribution < 1.29 is 14.9 Å². The molecule has 3 rings (SSSR count). The van der Waals surface area contributed by atoms with E-state index < -0.39 is 0 Å². The van der Waals surface area contributed by atoms with E-state index in [9.17, 15) is 10.2 Å². The lowest BCUT2D eigenvalue weighted by Gasteiger charge is -2.42. The van der Waals surface area contributed by atoms with Gasteiger partial charge in [0, 0.05) is 30.7 Å². The molecule has 2 aromatic rings. The molecule has 0 saturated carbocycles. The molecular formula is C25H35NO3. The number of aliphatic hydroxyl groups excluding tert-OH is 2. The number of aryl methyl sites for hydroxylation is 1. The topological polar surface area (TPSA) is 52.9 Å². The number of aliphatic hydroxyl groups is 2. The fourth-order valence-electron chi connectivity index (χ4n) is 4.58. The zero-order chi connectivity index (χ0) is 20.5. The van der Waals surface area contributed by atoms with E-state index in [4.69, 9.17) is 4.74 Å². The monoisotopic (exact) mass is 397 g/mol. The van der Waals surface area contributed by atoms with Crippen LogP contribution in [0, 0.1) is 5.41 Å². The third-order valence-corrected chi connectivity index (χ3v) is 6.09. The van der Waals surface area contributed by atoms with Crippen molar-refractivity contribution in [2.24, 2.45) is 5.41 Å². The summed E-state index contributed by atoms with van der Waals surface area (Å²) in [6.07, 6.45) is 5.45. The van der Waals surface area contributed by atoms with Crippen LogP contribution in [0.3, 0.4) is 0 Å². The lowest BCUT2D eigenvalue weighted by atomic mass is 9.76. The Balaban J connectivity index is 1.59. The summed E-state index contributed by atoms with van der Waals surface area (Å²) in [5, 5.41) is 19.9. The fourth-order valence-corrected chi connectivity index (χ4v) is 4.58. The highest BCUT2D eigenvalue weighted by atomic mass is 16.5. The van der Waals surface area contributed by atoms with Crippen LogP contribution in [0.5, 0.6) is 5.75 Å². The molecule has 2 aromatic carbocycles. The summed E-state index contributed by atoms with van der Waals surface area (Å²) in [4.78, 5) is 2.46. The van der Waals surface area contributed by atoms with Gasteiger partial charge in [0.15, 0.2) is 0 Å². The van der Waals surface area contributed by atoms with Crippen molar-refractivity contribution in [2.45, 2.75) is 52.2 Å². The minimum absolute atomic E-state index is 0.00188. The molecule has 0 aromatic heterocycles. The highest BCUT2D eigenvalue weighted by molar-refractivity contribution is 5.37. The quantitative estimate of drug-likeness (QED) is 0.632. The molecule has 0 bridgehead atoms. The van der Waals surface area contributed by atoms with E-state index in [0.29, 0.717) is 6.61 Å². The number of benzene rings is 2. The minimum Gasteiger partial charge on any atom is -0.494 e. The van der Waals surface area contributed by atoms with E-state index in [2.05, 4.69) is 47.4 Å². The van der Waals surface area contributed by atoms with E-state index in [0.717, 1.165) is 63.1 Å². The zero-order valence-corrected chi connectivity index (χ0v) is 17.6.